The Hall–Kier alpha value is -1.84. The van der Waals surface area contributed by atoms with Gasteiger partial charge in [0, 0.05) is 0 Å². The standard InChI is InChI=1S/C17H24O4/c1-3-5-6-10-13-17(15(18)19,16(20)21-4-2)14-11-8-7-9-12-14/h7-9,11-12H,3-6,10,13H2,1-2H3,(H,18,19). The summed E-state index contributed by atoms with van der Waals surface area (Å²) in [7, 11) is 0. The predicted octanol–water partition coefficient (Wildman–Crippen LogP) is 3.54. The van der Waals surface area contributed by atoms with Crippen LogP contribution in [0.1, 0.15) is 51.5 Å². The molecule has 1 unspecified atom stereocenters. The maximum Gasteiger partial charge on any atom is 0.328 e. The van der Waals surface area contributed by atoms with E-state index in [-0.39, 0.29) is 13.0 Å². The van der Waals surface area contributed by atoms with Crippen LogP contribution in [0.2, 0.25) is 0 Å². The van der Waals surface area contributed by atoms with E-state index < -0.39 is 17.4 Å². The zero-order chi connectivity index (χ0) is 15.7. The lowest BCUT2D eigenvalue weighted by molar-refractivity contribution is -0.162. The van der Waals surface area contributed by atoms with Crippen LogP contribution in [0.5, 0.6) is 0 Å². The third kappa shape index (κ3) is 4.06. The number of ether oxygens (including phenoxy) is 1. The Labute approximate surface area is 126 Å². The summed E-state index contributed by atoms with van der Waals surface area (Å²) in [5, 5.41) is 9.73. The molecular weight excluding hydrogens is 268 g/mol. The average Bonchev–Trinajstić information content (AvgIpc) is 2.48. The van der Waals surface area contributed by atoms with Gasteiger partial charge in [-0.3, -0.25) is 9.59 Å². The smallest absolute Gasteiger partial charge is 0.328 e. The number of benzene rings is 1. The Balaban J connectivity index is 3.11. The first-order valence-electron chi connectivity index (χ1n) is 7.55. The highest BCUT2D eigenvalue weighted by atomic mass is 16.5. The van der Waals surface area contributed by atoms with Gasteiger partial charge in [-0.15, -0.1) is 0 Å². The van der Waals surface area contributed by atoms with Gasteiger partial charge in [-0.2, -0.15) is 0 Å². The highest BCUT2D eigenvalue weighted by Gasteiger charge is 2.48. The Morgan fingerprint density at radius 2 is 1.76 bits per heavy atom. The molecular formula is C17H24O4. The molecule has 0 saturated heterocycles. The number of esters is 1. The molecule has 0 aromatic heterocycles. The van der Waals surface area contributed by atoms with Crippen LogP contribution < -0.4 is 0 Å². The third-order valence-corrected chi connectivity index (χ3v) is 3.66. The van der Waals surface area contributed by atoms with E-state index in [1.54, 1.807) is 37.3 Å². The SMILES string of the molecule is CCCCCCC(C(=O)O)(C(=O)OCC)c1ccccc1. The van der Waals surface area contributed by atoms with Crippen LogP contribution in [-0.4, -0.2) is 23.7 Å². The summed E-state index contributed by atoms with van der Waals surface area (Å²) in [6.07, 6.45) is 3.97. The van der Waals surface area contributed by atoms with Crippen molar-refractivity contribution in [1.82, 2.24) is 0 Å². The molecule has 0 radical (unpaired) electrons. The second-order valence-corrected chi connectivity index (χ2v) is 5.11. The van der Waals surface area contributed by atoms with Crippen molar-refractivity contribution < 1.29 is 19.4 Å². The van der Waals surface area contributed by atoms with E-state index in [4.69, 9.17) is 4.74 Å². The minimum Gasteiger partial charge on any atom is -0.480 e. The van der Waals surface area contributed by atoms with E-state index in [1.165, 1.54) is 0 Å². The number of aliphatic carboxylic acids is 1. The fraction of sp³-hybridized carbons (Fsp3) is 0.529. The third-order valence-electron chi connectivity index (χ3n) is 3.66. The van der Waals surface area contributed by atoms with Crippen molar-refractivity contribution >= 4 is 11.9 Å². The Kier molecular flexibility index (Phi) is 6.92. The minimum absolute atomic E-state index is 0.176. The molecule has 4 nitrogen and oxygen atoms in total. The first-order chi connectivity index (χ1) is 10.1. The molecule has 21 heavy (non-hydrogen) atoms. The first kappa shape index (κ1) is 17.2. The lowest BCUT2D eigenvalue weighted by Crippen LogP contribution is -2.45. The van der Waals surface area contributed by atoms with Crippen molar-refractivity contribution in [2.24, 2.45) is 0 Å². The van der Waals surface area contributed by atoms with E-state index >= 15 is 0 Å². The molecule has 116 valence electrons. The minimum atomic E-state index is -1.59. The quantitative estimate of drug-likeness (QED) is 0.429. The van der Waals surface area contributed by atoms with Crippen LogP contribution in [0, 0.1) is 0 Å². The lowest BCUT2D eigenvalue weighted by atomic mass is 9.76. The maximum atomic E-state index is 12.4. The molecule has 1 rings (SSSR count). The summed E-state index contributed by atoms with van der Waals surface area (Å²) in [5.41, 5.74) is -1.10. The Morgan fingerprint density at radius 1 is 1.10 bits per heavy atom. The van der Waals surface area contributed by atoms with Crippen LogP contribution >= 0.6 is 0 Å². The second-order valence-electron chi connectivity index (χ2n) is 5.11. The highest BCUT2D eigenvalue weighted by molar-refractivity contribution is 6.05. The van der Waals surface area contributed by atoms with Gasteiger partial charge in [0.05, 0.1) is 6.61 Å². The van der Waals surface area contributed by atoms with Crippen LogP contribution in [0.3, 0.4) is 0 Å². The van der Waals surface area contributed by atoms with Gasteiger partial charge in [0.1, 0.15) is 0 Å². The van der Waals surface area contributed by atoms with E-state index in [0.717, 1.165) is 19.3 Å². The number of carbonyl (C=O) groups is 2. The molecule has 0 amide bonds. The van der Waals surface area contributed by atoms with Gasteiger partial charge in [0.15, 0.2) is 5.41 Å². The van der Waals surface area contributed by atoms with Gasteiger partial charge in [0.2, 0.25) is 0 Å². The van der Waals surface area contributed by atoms with Crippen molar-refractivity contribution in [2.45, 2.75) is 51.4 Å². The van der Waals surface area contributed by atoms with Gasteiger partial charge < -0.3 is 9.84 Å². The summed E-state index contributed by atoms with van der Waals surface area (Å²) in [6.45, 7) is 3.95. The summed E-state index contributed by atoms with van der Waals surface area (Å²) in [5.74, 6) is -1.80. The average molecular weight is 292 g/mol. The van der Waals surface area contributed by atoms with Crippen molar-refractivity contribution in [2.75, 3.05) is 6.61 Å². The number of carboxylic acids is 1. The highest BCUT2D eigenvalue weighted by Crippen LogP contribution is 2.32. The molecule has 0 aliphatic carbocycles. The maximum absolute atomic E-state index is 12.4. The monoisotopic (exact) mass is 292 g/mol. The number of hydrogen-bond donors (Lipinski definition) is 1. The molecule has 0 bridgehead atoms. The Bertz CT molecular complexity index is 455. The molecule has 0 aliphatic heterocycles. The molecule has 1 N–H and O–H groups in total. The topological polar surface area (TPSA) is 63.6 Å². The number of rotatable bonds is 9. The molecule has 0 spiro atoms. The van der Waals surface area contributed by atoms with Gasteiger partial charge in [0.25, 0.3) is 0 Å². The number of hydrogen-bond acceptors (Lipinski definition) is 3. The van der Waals surface area contributed by atoms with E-state index in [0.29, 0.717) is 12.0 Å². The fourth-order valence-corrected chi connectivity index (χ4v) is 2.48. The largest absolute Gasteiger partial charge is 0.480 e. The van der Waals surface area contributed by atoms with Gasteiger partial charge in [-0.05, 0) is 18.9 Å². The molecule has 0 aliphatic rings. The molecule has 0 fully saturated rings. The number of unbranched alkanes of at least 4 members (excludes halogenated alkanes) is 3. The van der Waals surface area contributed by atoms with Crippen LogP contribution in [0.25, 0.3) is 0 Å². The predicted molar refractivity (Wildman–Crippen MR) is 81.1 cm³/mol. The number of carboxylic acid groups (broad SMARTS) is 1. The van der Waals surface area contributed by atoms with Gasteiger partial charge >= 0.3 is 11.9 Å². The summed E-state index contributed by atoms with van der Waals surface area (Å²) >= 11 is 0. The molecule has 0 saturated carbocycles. The van der Waals surface area contributed by atoms with Crippen LogP contribution in [0.4, 0.5) is 0 Å². The molecule has 0 heterocycles. The molecule has 4 heteroatoms. The van der Waals surface area contributed by atoms with Crippen LogP contribution in [0.15, 0.2) is 30.3 Å². The fourth-order valence-electron chi connectivity index (χ4n) is 2.48. The second kappa shape index (κ2) is 8.45. The van der Waals surface area contributed by atoms with Gasteiger partial charge in [-0.1, -0.05) is 62.9 Å². The number of carbonyl (C=O) groups excluding carboxylic acids is 1. The summed E-state index contributed by atoms with van der Waals surface area (Å²) in [6, 6.07) is 8.67. The summed E-state index contributed by atoms with van der Waals surface area (Å²) in [4.78, 5) is 24.3. The van der Waals surface area contributed by atoms with Crippen LogP contribution in [-0.2, 0) is 19.7 Å². The van der Waals surface area contributed by atoms with Crippen molar-refractivity contribution in [3.8, 4) is 0 Å². The first-order valence-corrected chi connectivity index (χ1v) is 7.55. The lowest BCUT2D eigenvalue weighted by Gasteiger charge is -2.27. The normalized spacial score (nSPS) is 13.4. The Morgan fingerprint density at radius 3 is 2.29 bits per heavy atom. The van der Waals surface area contributed by atoms with E-state index in [1.807, 2.05) is 0 Å². The van der Waals surface area contributed by atoms with Crippen molar-refractivity contribution in [3.63, 3.8) is 0 Å². The van der Waals surface area contributed by atoms with E-state index in [9.17, 15) is 14.7 Å². The summed E-state index contributed by atoms with van der Waals surface area (Å²) < 4.78 is 5.06. The zero-order valence-electron chi connectivity index (χ0n) is 12.8. The van der Waals surface area contributed by atoms with Gasteiger partial charge in [-0.25, -0.2) is 0 Å². The molecule has 1 aromatic carbocycles. The van der Waals surface area contributed by atoms with E-state index in [2.05, 4.69) is 6.92 Å². The molecule has 1 atom stereocenters. The molecule has 1 aromatic rings. The van der Waals surface area contributed by atoms with Crippen molar-refractivity contribution in [3.05, 3.63) is 35.9 Å². The zero-order valence-corrected chi connectivity index (χ0v) is 12.8. The van der Waals surface area contributed by atoms with Crippen molar-refractivity contribution in [1.29, 1.82) is 0 Å².